The molecule has 0 aliphatic carbocycles. The summed E-state index contributed by atoms with van der Waals surface area (Å²) in [5.74, 6) is 0.0507. The fourth-order valence-electron chi connectivity index (χ4n) is 3.03. The molecular formula is C17H24F3NO2. The van der Waals surface area contributed by atoms with E-state index in [1.54, 1.807) is 19.2 Å². The van der Waals surface area contributed by atoms with Crippen molar-refractivity contribution in [1.82, 2.24) is 5.32 Å². The Morgan fingerprint density at radius 1 is 1.26 bits per heavy atom. The maximum atomic E-state index is 13.3. The van der Waals surface area contributed by atoms with Gasteiger partial charge < -0.3 is 14.8 Å². The number of benzene rings is 1. The van der Waals surface area contributed by atoms with Gasteiger partial charge in [0.1, 0.15) is 0 Å². The van der Waals surface area contributed by atoms with Crippen molar-refractivity contribution in [3.63, 3.8) is 0 Å². The molecule has 23 heavy (non-hydrogen) atoms. The molecule has 0 amide bonds. The highest BCUT2D eigenvalue weighted by Crippen LogP contribution is 2.39. The molecule has 0 aromatic heterocycles. The van der Waals surface area contributed by atoms with Crippen molar-refractivity contribution < 1.29 is 22.6 Å². The van der Waals surface area contributed by atoms with Crippen molar-refractivity contribution in [3.8, 4) is 0 Å². The molecule has 130 valence electrons. The Bertz CT molecular complexity index is 473. The van der Waals surface area contributed by atoms with E-state index in [4.69, 9.17) is 9.47 Å². The summed E-state index contributed by atoms with van der Waals surface area (Å²) in [7, 11) is 1.60. The van der Waals surface area contributed by atoms with Gasteiger partial charge >= 0.3 is 6.18 Å². The van der Waals surface area contributed by atoms with Crippen LogP contribution in [0.3, 0.4) is 0 Å². The second-order valence-corrected chi connectivity index (χ2v) is 5.83. The van der Waals surface area contributed by atoms with Crippen LogP contribution >= 0.6 is 0 Å². The van der Waals surface area contributed by atoms with Gasteiger partial charge in [-0.25, -0.2) is 0 Å². The van der Waals surface area contributed by atoms with Gasteiger partial charge in [-0.05, 0) is 37.4 Å². The fraction of sp³-hybridized carbons (Fsp3) is 0.647. The standard InChI is InChI=1S/C17H24F3NO2/c1-22-10-5-11-23-16(13-6-4-9-21-12-13)14-7-2-3-8-15(14)17(18,19)20/h2-3,7-8,13,16,21H,4-6,9-12H2,1H3/t13-,16?/m1/s1. The minimum Gasteiger partial charge on any atom is -0.385 e. The van der Waals surface area contributed by atoms with Gasteiger partial charge in [0.25, 0.3) is 0 Å². The molecule has 1 aromatic rings. The first-order valence-corrected chi connectivity index (χ1v) is 8.01. The summed E-state index contributed by atoms with van der Waals surface area (Å²) in [5.41, 5.74) is -0.353. The summed E-state index contributed by atoms with van der Waals surface area (Å²) >= 11 is 0. The first kappa shape index (κ1) is 18.2. The van der Waals surface area contributed by atoms with E-state index in [9.17, 15) is 13.2 Å². The molecule has 1 fully saturated rings. The minimum atomic E-state index is -4.37. The molecular weight excluding hydrogens is 307 g/mol. The molecule has 0 spiro atoms. The molecule has 0 bridgehead atoms. The summed E-state index contributed by atoms with van der Waals surface area (Å²) in [6.07, 6.45) is -2.42. The summed E-state index contributed by atoms with van der Waals surface area (Å²) in [6, 6.07) is 5.75. The average Bonchev–Trinajstić information content (AvgIpc) is 2.55. The van der Waals surface area contributed by atoms with Gasteiger partial charge in [-0.15, -0.1) is 0 Å². The van der Waals surface area contributed by atoms with E-state index in [1.165, 1.54) is 6.07 Å². The predicted molar refractivity (Wildman–Crippen MR) is 82.2 cm³/mol. The van der Waals surface area contributed by atoms with Crippen LogP contribution in [0.1, 0.15) is 36.5 Å². The van der Waals surface area contributed by atoms with Crippen molar-refractivity contribution in [2.75, 3.05) is 33.4 Å². The lowest BCUT2D eigenvalue weighted by molar-refractivity contribution is -0.140. The van der Waals surface area contributed by atoms with Gasteiger partial charge in [-0.1, -0.05) is 18.2 Å². The van der Waals surface area contributed by atoms with E-state index in [0.717, 1.165) is 25.5 Å². The normalized spacial score (nSPS) is 20.4. The van der Waals surface area contributed by atoms with Crippen LogP contribution < -0.4 is 5.32 Å². The molecule has 1 N–H and O–H groups in total. The third kappa shape index (κ3) is 5.19. The van der Waals surface area contributed by atoms with Crippen molar-refractivity contribution in [3.05, 3.63) is 35.4 Å². The van der Waals surface area contributed by atoms with E-state index < -0.39 is 17.8 Å². The highest BCUT2D eigenvalue weighted by Gasteiger charge is 2.37. The average molecular weight is 331 g/mol. The SMILES string of the molecule is COCCCOC(c1ccccc1C(F)(F)F)[C@@H]1CCCNC1. The maximum Gasteiger partial charge on any atom is 0.416 e. The number of hydrogen-bond acceptors (Lipinski definition) is 3. The van der Waals surface area contributed by atoms with Gasteiger partial charge in [-0.3, -0.25) is 0 Å². The van der Waals surface area contributed by atoms with Gasteiger partial charge in [0, 0.05) is 32.8 Å². The number of ether oxygens (including phenoxy) is 2. The third-order valence-corrected chi connectivity index (χ3v) is 4.13. The molecule has 1 heterocycles. The quantitative estimate of drug-likeness (QED) is 0.771. The Hall–Kier alpha value is -1.11. The molecule has 1 aliphatic rings. The number of piperidine rings is 1. The molecule has 3 nitrogen and oxygen atoms in total. The molecule has 0 radical (unpaired) electrons. The van der Waals surface area contributed by atoms with Gasteiger partial charge in [-0.2, -0.15) is 13.2 Å². The highest BCUT2D eigenvalue weighted by molar-refractivity contribution is 5.32. The van der Waals surface area contributed by atoms with E-state index in [-0.39, 0.29) is 11.5 Å². The number of nitrogens with one attached hydrogen (secondary N) is 1. The summed E-state index contributed by atoms with van der Waals surface area (Å²) in [4.78, 5) is 0. The lowest BCUT2D eigenvalue weighted by Gasteiger charge is -2.32. The van der Waals surface area contributed by atoms with Crippen LogP contribution in [0.15, 0.2) is 24.3 Å². The monoisotopic (exact) mass is 331 g/mol. The minimum absolute atomic E-state index is 0.0507. The van der Waals surface area contributed by atoms with E-state index in [2.05, 4.69) is 5.32 Å². The zero-order valence-corrected chi connectivity index (χ0v) is 13.4. The van der Waals surface area contributed by atoms with Crippen molar-refractivity contribution in [2.24, 2.45) is 5.92 Å². The third-order valence-electron chi connectivity index (χ3n) is 4.13. The molecule has 6 heteroatoms. The smallest absolute Gasteiger partial charge is 0.385 e. The van der Waals surface area contributed by atoms with Crippen LogP contribution in [0.4, 0.5) is 13.2 Å². The van der Waals surface area contributed by atoms with Crippen LogP contribution in [0.2, 0.25) is 0 Å². The molecule has 0 saturated carbocycles. The van der Waals surface area contributed by atoms with E-state index in [0.29, 0.717) is 26.2 Å². The Labute approximate surface area is 135 Å². The van der Waals surface area contributed by atoms with Crippen molar-refractivity contribution >= 4 is 0 Å². The molecule has 2 rings (SSSR count). The van der Waals surface area contributed by atoms with E-state index in [1.807, 2.05) is 0 Å². The second-order valence-electron chi connectivity index (χ2n) is 5.83. The van der Waals surface area contributed by atoms with Crippen molar-refractivity contribution in [2.45, 2.75) is 31.5 Å². The number of methoxy groups -OCH3 is 1. The maximum absolute atomic E-state index is 13.3. The summed E-state index contributed by atoms with van der Waals surface area (Å²) < 4.78 is 50.8. The highest BCUT2D eigenvalue weighted by atomic mass is 19.4. The Balaban J connectivity index is 2.22. The van der Waals surface area contributed by atoms with E-state index >= 15 is 0 Å². The van der Waals surface area contributed by atoms with Gasteiger partial charge in [0.15, 0.2) is 0 Å². The van der Waals surface area contributed by atoms with Crippen LogP contribution in [0.5, 0.6) is 0 Å². The fourth-order valence-corrected chi connectivity index (χ4v) is 3.03. The first-order chi connectivity index (χ1) is 11.0. The zero-order valence-electron chi connectivity index (χ0n) is 13.4. The topological polar surface area (TPSA) is 30.5 Å². The molecule has 1 aliphatic heterocycles. The van der Waals surface area contributed by atoms with Crippen molar-refractivity contribution in [1.29, 1.82) is 0 Å². The van der Waals surface area contributed by atoms with Gasteiger partial charge in [0.2, 0.25) is 0 Å². The van der Waals surface area contributed by atoms with Crippen LogP contribution in [0.25, 0.3) is 0 Å². The van der Waals surface area contributed by atoms with Gasteiger partial charge in [0.05, 0.1) is 11.7 Å². The van der Waals surface area contributed by atoms with Crippen LogP contribution in [-0.4, -0.2) is 33.4 Å². The molecule has 1 aromatic carbocycles. The van der Waals surface area contributed by atoms with Crippen LogP contribution in [-0.2, 0) is 15.7 Å². The summed E-state index contributed by atoms with van der Waals surface area (Å²) in [5, 5.41) is 3.26. The molecule has 1 unspecified atom stereocenters. The Kier molecular flexibility index (Phi) is 6.87. The largest absolute Gasteiger partial charge is 0.416 e. The Morgan fingerprint density at radius 2 is 2.04 bits per heavy atom. The molecule has 1 saturated heterocycles. The summed E-state index contributed by atoms with van der Waals surface area (Å²) in [6.45, 7) is 2.52. The number of rotatable bonds is 7. The zero-order chi connectivity index (χ0) is 16.7. The first-order valence-electron chi connectivity index (χ1n) is 8.01. The Morgan fingerprint density at radius 3 is 2.70 bits per heavy atom. The molecule has 2 atom stereocenters. The lowest BCUT2D eigenvalue weighted by Crippen LogP contribution is -2.35. The number of hydrogen-bond donors (Lipinski definition) is 1. The van der Waals surface area contributed by atoms with Crippen LogP contribution in [0, 0.1) is 5.92 Å². The lowest BCUT2D eigenvalue weighted by atomic mass is 9.87. The number of halogens is 3. The second kappa shape index (κ2) is 8.66. The number of alkyl halides is 3. The predicted octanol–water partition coefficient (Wildman–Crippen LogP) is 3.80.